The average Bonchev–Trinajstić information content (AvgIpc) is 2.72. The van der Waals surface area contributed by atoms with Crippen LogP contribution in [0.5, 0.6) is 0 Å². The van der Waals surface area contributed by atoms with Gasteiger partial charge in [0.15, 0.2) is 5.96 Å². The molecule has 0 aliphatic carbocycles. The molecular formula is C24H41IN4O. The maximum absolute atomic E-state index is 11.6. The van der Waals surface area contributed by atoms with Gasteiger partial charge < -0.3 is 15.5 Å². The first-order valence-corrected chi connectivity index (χ1v) is 11.2. The zero-order chi connectivity index (χ0) is 21.1. The molecular weight excluding hydrogens is 487 g/mol. The van der Waals surface area contributed by atoms with Crippen LogP contribution in [0.15, 0.2) is 35.3 Å². The molecule has 1 aliphatic heterocycles. The Bertz CT molecular complexity index is 640. The van der Waals surface area contributed by atoms with E-state index in [1.54, 1.807) is 7.05 Å². The van der Waals surface area contributed by atoms with Crippen LogP contribution in [0.4, 0.5) is 0 Å². The standard InChI is InChI=1S/C24H40N4O.HI/c1-5-26-23(28-16-13-21(14-17-28)18-22(29)25-4)27-19-24(2,3)15-9-12-20-10-7-6-8-11-20;/h6-8,10-11,21H,5,9,12-19H2,1-4H3,(H,25,29)(H,26,27);1H. The SMILES string of the molecule is CCNC(=NCC(C)(C)CCCc1ccccc1)N1CCC(CC(=O)NC)CC1.I. The van der Waals surface area contributed by atoms with Crippen molar-refractivity contribution in [3.05, 3.63) is 35.9 Å². The lowest BCUT2D eigenvalue weighted by Gasteiger charge is -2.34. The Morgan fingerprint density at radius 3 is 2.47 bits per heavy atom. The van der Waals surface area contributed by atoms with Crippen molar-refractivity contribution in [3.8, 4) is 0 Å². The first-order chi connectivity index (χ1) is 13.9. The molecule has 6 heteroatoms. The first-order valence-electron chi connectivity index (χ1n) is 11.2. The van der Waals surface area contributed by atoms with E-state index in [4.69, 9.17) is 4.99 Å². The molecule has 0 radical (unpaired) electrons. The largest absolute Gasteiger partial charge is 0.359 e. The molecule has 0 aromatic heterocycles. The Hall–Kier alpha value is -1.31. The number of piperidine rings is 1. The minimum absolute atomic E-state index is 0. The van der Waals surface area contributed by atoms with Crippen molar-refractivity contribution in [3.63, 3.8) is 0 Å². The highest BCUT2D eigenvalue weighted by atomic mass is 127. The molecule has 0 unspecified atom stereocenters. The van der Waals surface area contributed by atoms with Crippen LogP contribution in [0.1, 0.15) is 58.4 Å². The summed E-state index contributed by atoms with van der Waals surface area (Å²) in [4.78, 5) is 19.0. The number of guanidine groups is 1. The molecule has 1 heterocycles. The molecule has 1 amide bonds. The van der Waals surface area contributed by atoms with Crippen molar-refractivity contribution in [1.82, 2.24) is 15.5 Å². The van der Waals surface area contributed by atoms with Crippen LogP contribution in [0.2, 0.25) is 0 Å². The molecule has 0 spiro atoms. The number of aryl methyl sites for hydroxylation is 1. The quantitative estimate of drug-likeness (QED) is 0.283. The van der Waals surface area contributed by atoms with Gasteiger partial charge in [-0.05, 0) is 55.9 Å². The van der Waals surface area contributed by atoms with Gasteiger partial charge in [-0.2, -0.15) is 0 Å². The van der Waals surface area contributed by atoms with Crippen LogP contribution in [0.3, 0.4) is 0 Å². The van der Waals surface area contributed by atoms with Gasteiger partial charge in [-0.3, -0.25) is 9.79 Å². The van der Waals surface area contributed by atoms with Gasteiger partial charge in [-0.25, -0.2) is 0 Å². The zero-order valence-electron chi connectivity index (χ0n) is 19.2. The molecule has 1 saturated heterocycles. The van der Waals surface area contributed by atoms with Crippen molar-refractivity contribution in [2.45, 2.75) is 59.3 Å². The number of nitrogens with one attached hydrogen (secondary N) is 2. The van der Waals surface area contributed by atoms with Crippen molar-refractivity contribution in [2.24, 2.45) is 16.3 Å². The number of likely N-dealkylation sites (tertiary alicyclic amines) is 1. The minimum atomic E-state index is 0. The summed E-state index contributed by atoms with van der Waals surface area (Å²) < 4.78 is 0. The van der Waals surface area contributed by atoms with Gasteiger partial charge in [0.25, 0.3) is 0 Å². The molecule has 1 aliphatic rings. The number of aliphatic imine (C=N–C) groups is 1. The normalized spacial score (nSPS) is 15.5. The molecule has 1 fully saturated rings. The van der Waals surface area contributed by atoms with Crippen molar-refractivity contribution < 1.29 is 4.79 Å². The summed E-state index contributed by atoms with van der Waals surface area (Å²) in [6, 6.07) is 10.7. The third-order valence-corrected chi connectivity index (χ3v) is 5.82. The maximum atomic E-state index is 11.6. The summed E-state index contributed by atoms with van der Waals surface area (Å²) in [7, 11) is 1.72. The van der Waals surface area contributed by atoms with Crippen LogP contribution < -0.4 is 10.6 Å². The van der Waals surface area contributed by atoms with E-state index >= 15 is 0 Å². The summed E-state index contributed by atoms with van der Waals surface area (Å²) >= 11 is 0. The number of carbonyl (C=O) groups excluding carboxylic acids is 1. The number of rotatable bonds is 9. The molecule has 2 rings (SSSR count). The van der Waals surface area contributed by atoms with Gasteiger partial charge in [0.05, 0.1) is 0 Å². The lowest BCUT2D eigenvalue weighted by atomic mass is 9.86. The molecule has 0 bridgehead atoms. The van der Waals surface area contributed by atoms with Gasteiger partial charge in [-0.1, -0.05) is 44.2 Å². The molecule has 170 valence electrons. The summed E-state index contributed by atoms with van der Waals surface area (Å²) in [5.74, 6) is 1.67. The average molecular weight is 529 g/mol. The minimum Gasteiger partial charge on any atom is -0.359 e. The number of hydrogen-bond acceptors (Lipinski definition) is 2. The van der Waals surface area contributed by atoms with Crippen molar-refractivity contribution >= 4 is 35.8 Å². The number of carbonyl (C=O) groups is 1. The van der Waals surface area contributed by atoms with Gasteiger partial charge in [0, 0.05) is 39.6 Å². The molecule has 1 aromatic rings. The van der Waals surface area contributed by atoms with Gasteiger partial charge in [0.2, 0.25) is 5.91 Å². The van der Waals surface area contributed by atoms with E-state index in [0.29, 0.717) is 12.3 Å². The summed E-state index contributed by atoms with van der Waals surface area (Å²) in [5, 5.41) is 6.21. The van der Waals surface area contributed by atoms with E-state index in [-0.39, 0.29) is 35.3 Å². The summed E-state index contributed by atoms with van der Waals surface area (Å²) in [5.41, 5.74) is 1.60. The topological polar surface area (TPSA) is 56.7 Å². The van der Waals surface area contributed by atoms with Crippen LogP contribution in [0, 0.1) is 11.3 Å². The van der Waals surface area contributed by atoms with Crippen molar-refractivity contribution in [2.75, 3.05) is 33.2 Å². The lowest BCUT2D eigenvalue weighted by molar-refractivity contribution is -0.121. The van der Waals surface area contributed by atoms with Crippen LogP contribution in [0.25, 0.3) is 0 Å². The molecule has 2 N–H and O–H groups in total. The fourth-order valence-corrected chi connectivity index (χ4v) is 3.92. The van der Waals surface area contributed by atoms with E-state index in [1.165, 1.54) is 18.4 Å². The summed E-state index contributed by atoms with van der Waals surface area (Å²) in [6.07, 6.45) is 6.24. The highest BCUT2D eigenvalue weighted by molar-refractivity contribution is 14.0. The predicted octanol–water partition coefficient (Wildman–Crippen LogP) is 4.47. The van der Waals surface area contributed by atoms with Crippen LogP contribution in [-0.2, 0) is 11.2 Å². The number of benzene rings is 1. The first kappa shape index (κ1) is 26.7. The zero-order valence-corrected chi connectivity index (χ0v) is 21.6. The third kappa shape index (κ3) is 9.67. The molecule has 1 aromatic carbocycles. The maximum Gasteiger partial charge on any atom is 0.220 e. The van der Waals surface area contributed by atoms with Gasteiger partial charge in [0.1, 0.15) is 0 Å². The van der Waals surface area contributed by atoms with Gasteiger partial charge in [-0.15, -0.1) is 24.0 Å². The Morgan fingerprint density at radius 1 is 1.20 bits per heavy atom. The smallest absolute Gasteiger partial charge is 0.220 e. The van der Waals surface area contributed by atoms with E-state index in [1.807, 2.05) is 0 Å². The molecule has 0 atom stereocenters. The van der Waals surface area contributed by atoms with E-state index in [9.17, 15) is 4.79 Å². The molecule has 0 saturated carbocycles. The molecule has 5 nitrogen and oxygen atoms in total. The van der Waals surface area contributed by atoms with Crippen LogP contribution >= 0.6 is 24.0 Å². The highest BCUT2D eigenvalue weighted by Gasteiger charge is 2.24. The number of amides is 1. The molecule has 30 heavy (non-hydrogen) atoms. The fraction of sp³-hybridized carbons (Fsp3) is 0.667. The Balaban J connectivity index is 0.00000450. The summed E-state index contributed by atoms with van der Waals surface area (Å²) in [6.45, 7) is 10.4. The van der Waals surface area contributed by atoms with E-state index < -0.39 is 0 Å². The van der Waals surface area contributed by atoms with Crippen molar-refractivity contribution in [1.29, 1.82) is 0 Å². The second-order valence-corrected chi connectivity index (χ2v) is 8.98. The van der Waals surface area contributed by atoms with E-state index in [2.05, 4.69) is 66.6 Å². The Kier molecular flexibility index (Phi) is 12.4. The third-order valence-electron chi connectivity index (χ3n) is 5.82. The monoisotopic (exact) mass is 528 g/mol. The Labute approximate surface area is 200 Å². The van der Waals surface area contributed by atoms with E-state index in [0.717, 1.165) is 51.4 Å². The predicted molar refractivity (Wildman–Crippen MR) is 138 cm³/mol. The second kappa shape index (κ2) is 13.9. The number of halogens is 1. The highest BCUT2D eigenvalue weighted by Crippen LogP contribution is 2.25. The lowest BCUT2D eigenvalue weighted by Crippen LogP contribution is -2.46. The Morgan fingerprint density at radius 2 is 1.87 bits per heavy atom. The fourth-order valence-electron chi connectivity index (χ4n) is 3.92. The van der Waals surface area contributed by atoms with Gasteiger partial charge >= 0.3 is 0 Å². The number of nitrogens with zero attached hydrogens (tertiary/aromatic N) is 2. The second-order valence-electron chi connectivity index (χ2n) is 8.98. The number of hydrogen-bond donors (Lipinski definition) is 2. The van der Waals surface area contributed by atoms with Crippen LogP contribution in [-0.4, -0.2) is 50.0 Å².